The van der Waals surface area contributed by atoms with E-state index in [0.717, 1.165) is 29.7 Å². The van der Waals surface area contributed by atoms with Crippen LogP contribution in [0.15, 0.2) is 18.7 Å². The van der Waals surface area contributed by atoms with Crippen LogP contribution in [0.5, 0.6) is 0 Å². The number of amides is 2. The van der Waals surface area contributed by atoms with Crippen molar-refractivity contribution in [2.45, 2.75) is 25.8 Å². The first-order valence-electron chi connectivity index (χ1n) is 8.43. The maximum atomic E-state index is 12.9. The van der Waals surface area contributed by atoms with E-state index >= 15 is 0 Å². The van der Waals surface area contributed by atoms with Crippen LogP contribution >= 0.6 is 11.3 Å². The third-order valence-electron chi connectivity index (χ3n) is 4.84. The van der Waals surface area contributed by atoms with Gasteiger partial charge in [-0.05, 0) is 37.0 Å². The van der Waals surface area contributed by atoms with Gasteiger partial charge in [-0.25, -0.2) is 4.79 Å². The number of likely N-dealkylation sites (tertiary alicyclic amines) is 1. The van der Waals surface area contributed by atoms with Gasteiger partial charge in [0.05, 0.1) is 19.6 Å². The molecule has 0 saturated carbocycles. The number of rotatable bonds is 3. The fraction of sp³-hybridized carbons (Fsp3) is 0.500. The van der Waals surface area contributed by atoms with Crippen LogP contribution in [0.4, 0.5) is 0 Å². The van der Waals surface area contributed by atoms with E-state index < -0.39 is 0 Å². The molecule has 1 unspecified atom stereocenters. The van der Waals surface area contributed by atoms with Gasteiger partial charge in [0.15, 0.2) is 0 Å². The third kappa shape index (κ3) is 3.61. The average molecular weight is 362 g/mol. The number of piperidine rings is 1. The number of fused-ring (bicyclic) bond motifs is 1. The Kier molecular flexibility index (Phi) is 5.22. The molecule has 0 bridgehead atoms. The molecule has 7 heteroatoms. The SMILES string of the molecule is C=CC(=O)N1CCCC(C(=O)N2CCc3cc(C(=O)OC)sc3C2)C1. The summed E-state index contributed by atoms with van der Waals surface area (Å²) in [5.74, 6) is -0.498. The number of carbonyl (C=O) groups is 3. The second kappa shape index (κ2) is 7.39. The first-order chi connectivity index (χ1) is 12.0. The standard InChI is InChI=1S/C18H22N2O4S/c1-3-16(21)19-7-4-5-13(10-19)17(22)20-8-6-12-9-14(18(23)24-2)25-15(12)11-20/h3,9,13H,1,4-8,10-11H2,2H3. The van der Waals surface area contributed by atoms with E-state index in [-0.39, 0.29) is 23.7 Å². The van der Waals surface area contributed by atoms with E-state index in [2.05, 4.69) is 6.58 Å². The molecule has 1 saturated heterocycles. The van der Waals surface area contributed by atoms with Crippen molar-refractivity contribution in [3.8, 4) is 0 Å². The smallest absolute Gasteiger partial charge is 0.348 e. The average Bonchev–Trinajstić information content (AvgIpc) is 3.09. The zero-order valence-electron chi connectivity index (χ0n) is 14.3. The molecule has 1 aromatic rings. The maximum absolute atomic E-state index is 12.9. The predicted octanol–water partition coefficient (Wildman–Crippen LogP) is 1.84. The number of hydrogen-bond donors (Lipinski definition) is 0. The van der Waals surface area contributed by atoms with Gasteiger partial charge in [-0.15, -0.1) is 11.3 Å². The number of nitrogens with zero attached hydrogens (tertiary/aromatic N) is 2. The lowest BCUT2D eigenvalue weighted by Crippen LogP contribution is -2.47. The quantitative estimate of drug-likeness (QED) is 0.608. The second-order valence-electron chi connectivity index (χ2n) is 6.39. The molecule has 134 valence electrons. The highest BCUT2D eigenvalue weighted by molar-refractivity contribution is 7.14. The molecular formula is C18H22N2O4S. The largest absolute Gasteiger partial charge is 0.465 e. The molecule has 25 heavy (non-hydrogen) atoms. The fourth-order valence-corrected chi connectivity index (χ4v) is 4.62. The number of hydrogen-bond acceptors (Lipinski definition) is 5. The minimum absolute atomic E-state index is 0.0974. The molecule has 0 aromatic carbocycles. The van der Waals surface area contributed by atoms with Crippen LogP contribution in [-0.2, 0) is 27.3 Å². The van der Waals surface area contributed by atoms with E-state index in [9.17, 15) is 14.4 Å². The van der Waals surface area contributed by atoms with Crippen LogP contribution in [0.3, 0.4) is 0 Å². The van der Waals surface area contributed by atoms with Gasteiger partial charge in [0.1, 0.15) is 4.88 Å². The topological polar surface area (TPSA) is 66.9 Å². The predicted molar refractivity (Wildman–Crippen MR) is 94.3 cm³/mol. The summed E-state index contributed by atoms with van der Waals surface area (Å²) in [6.07, 6.45) is 3.69. The van der Waals surface area contributed by atoms with Crippen LogP contribution in [0.25, 0.3) is 0 Å². The molecule has 3 heterocycles. The summed E-state index contributed by atoms with van der Waals surface area (Å²) in [6, 6.07) is 1.87. The normalized spacial score (nSPS) is 20.0. The van der Waals surface area contributed by atoms with Crippen LogP contribution < -0.4 is 0 Å². The van der Waals surface area contributed by atoms with Gasteiger partial charge in [0.2, 0.25) is 11.8 Å². The number of carbonyl (C=O) groups excluding carboxylic acids is 3. The zero-order valence-corrected chi connectivity index (χ0v) is 15.1. The molecule has 2 aliphatic rings. The summed E-state index contributed by atoms with van der Waals surface area (Å²) in [4.78, 5) is 41.6. The van der Waals surface area contributed by atoms with Gasteiger partial charge >= 0.3 is 5.97 Å². The molecule has 2 amide bonds. The molecule has 0 radical (unpaired) electrons. The summed E-state index contributed by atoms with van der Waals surface area (Å²) in [7, 11) is 1.37. The summed E-state index contributed by atoms with van der Waals surface area (Å²) in [6.45, 7) is 5.85. The summed E-state index contributed by atoms with van der Waals surface area (Å²) >= 11 is 1.40. The monoisotopic (exact) mass is 362 g/mol. The van der Waals surface area contributed by atoms with Crippen LogP contribution in [0.1, 0.15) is 33.0 Å². The number of esters is 1. The van der Waals surface area contributed by atoms with Gasteiger partial charge in [0.25, 0.3) is 0 Å². The maximum Gasteiger partial charge on any atom is 0.348 e. The highest BCUT2D eigenvalue weighted by Crippen LogP contribution is 2.30. The van der Waals surface area contributed by atoms with Crippen LogP contribution in [0.2, 0.25) is 0 Å². The summed E-state index contributed by atoms with van der Waals surface area (Å²) in [5, 5.41) is 0. The number of thiophene rings is 1. The summed E-state index contributed by atoms with van der Waals surface area (Å²) < 4.78 is 4.77. The Balaban J connectivity index is 1.67. The molecule has 0 N–H and O–H groups in total. The first-order valence-corrected chi connectivity index (χ1v) is 9.25. The summed E-state index contributed by atoms with van der Waals surface area (Å²) in [5.41, 5.74) is 1.13. The van der Waals surface area contributed by atoms with Gasteiger partial charge < -0.3 is 14.5 Å². The molecule has 1 aromatic heterocycles. The van der Waals surface area contributed by atoms with E-state index in [1.807, 2.05) is 11.0 Å². The molecule has 1 fully saturated rings. The molecule has 0 spiro atoms. The van der Waals surface area contributed by atoms with E-state index in [0.29, 0.717) is 31.1 Å². The second-order valence-corrected chi connectivity index (χ2v) is 7.52. The zero-order chi connectivity index (χ0) is 18.0. The number of ether oxygens (including phenoxy) is 1. The lowest BCUT2D eigenvalue weighted by atomic mass is 9.95. The van der Waals surface area contributed by atoms with Crippen molar-refractivity contribution in [3.63, 3.8) is 0 Å². The molecular weight excluding hydrogens is 340 g/mol. The van der Waals surface area contributed by atoms with Crippen molar-refractivity contribution in [3.05, 3.63) is 34.0 Å². The third-order valence-corrected chi connectivity index (χ3v) is 5.98. The minimum Gasteiger partial charge on any atom is -0.465 e. The van der Waals surface area contributed by atoms with Crippen molar-refractivity contribution >= 4 is 29.1 Å². The highest BCUT2D eigenvalue weighted by Gasteiger charge is 2.32. The molecule has 6 nitrogen and oxygen atoms in total. The van der Waals surface area contributed by atoms with Crippen molar-refractivity contribution in [1.82, 2.24) is 9.80 Å². The molecule has 2 aliphatic heterocycles. The van der Waals surface area contributed by atoms with Crippen molar-refractivity contribution in [1.29, 1.82) is 0 Å². The van der Waals surface area contributed by atoms with E-state index in [4.69, 9.17) is 4.74 Å². The van der Waals surface area contributed by atoms with Gasteiger partial charge in [0, 0.05) is 24.5 Å². The Morgan fingerprint density at radius 1 is 1.32 bits per heavy atom. The fourth-order valence-electron chi connectivity index (χ4n) is 3.48. The van der Waals surface area contributed by atoms with Crippen molar-refractivity contribution in [2.24, 2.45) is 5.92 Å². The van der Waals surface area contributed by atoms with Crippen LogP contribution in [-0.4, -0.2) is 54.3 Å². The molecule has 0 aliphatic carbocycles. The van der Waals surface area contributed by atoms with E-state index in [1.165, 1.54) is 24.5 Å². The van der Waals surface area contributed by atoms with Crippen molar-refractivity contribution < 1.29 is 19.1 Å². The Bertz CT molecular complexity index is 712. The first kappa shape index (κ1) is 17.7. The lowest BCUT2D eigenvalue weighted by molar-refractivity contribution is -0.140. The van der Waals surface area contributed by atoms with Crippen molar-refractivity contribution in [2.75, 3.05) is 26.7 Å². The Labute approximate surface area is 151 Å². The Morgan fingerprint density at radius 2 is 2.12 bits per heavy atom. The Hall–Kier alpha value is -2.15. The lowest BCUT2D eigenvalue weighted by Gasteiger charge is -2.35. The van der Waals surface area contributed by atoms with E-state index in [1.54, 1.807) is 4.90 Å². The Morgan fingerprint density at radius 3 is 2.84 bits per heavy atom. The van der Waals surface area contributed by atoms with Gasteiger partial charge in [-0.3, -0.25) is 9.59 Å². The molecule has 3 rings (SSSR count). The van der Waals surface area contributed by atoms with Crippen LogP contribution in [0, 0.1) is 5.92 Å². The number of methoxy groups -OCH3 is 1. The highest BCUT2D eigenvalue weighted by atomic mass is 32.1. The van der Waals surface area contributed by atoms with Gasteiger partial charge in [-0.1, -0.05) is 6.58 Å². The molecule has 1 atom stereocenters. The minimum atomic E-state index is -0.330. The van der Waals surface area contributed by atoms with Gasteiger partial charge in [-0.2, -0.15) is 0 Å².